The minimum absolute atomic E-state index is 0.0125. The number of hydrogen-bond acceptors (Lipinski definition) is 2. The second-order valence-electron chi connectivity index (χ2n) is 5.08. The number of nitrogens with zero attached hydrogens (tertiary/aromatic N) is 1. The molecule has 3 unspecified atom stereocenters. The van der Waals surface area contributed by atoms with Gasteiger partial charge in [-0.3, -0.25) is 10.1 Å². The van der Waals surface area contributed by atoms with Gasteiger partial charge in [-0.05, 0) is 18.8 Å². The summed E-state index contributed by atoms with van der Waals surface area (Å²) in [5.74, 6) is 1.32. The second kappa shape index (κ2) is 4.97. The highest BCUT2D eigenvalue weighted by molar-refractivity contribution is 5.83. The Morgan fingerprint density at radius 1 is 1.40 bits per heavy atom. The number of carbonyl (C=O) groups excluding carboxylic acids is 1. The summed E-state index contributed by atoms with van der Waals surface area (Å²) >= 11 is 0. The highest BCUT2D eigenvalue weighted by atomic mass is 16.2. The van der Waals surface area contributed by atoms with E-state index in [2.05, 4.69) is 33.0 Å². The van der Waals surface area contributed by atoms with E-state index in [4.69, 9.17) is 0 Å². The SMILES string of the molecule is CCC(C)CN1C(=O)C(C)NC1C(C)C. The molecule has 0 saturated carbocycles. The molecule has 0 aliphatic carbocycles. The molecule has 88 valence electrons. The van der Waals surface area contributed by atoms with E-state index < -0.39 is 0 Å². The van der Waals surface area contributed by atoms with Crippen LogP contribution in [0.15, 0.2) is 0 Å². The van der Waals surface area contributed by atoms with Crippen molar-refractivity contribution in [3.63, 3.8) is 0 Å². The highest BCUT2D eigenvalue weighted by Gasteiger charge is 2.37. The zero-order valence-corrected chi connectivity index (χ0v) is 10.6. The zero-order chi connectivity index (χ0) is 11.6. The standard InChI is InChI=1S/C12H24N2O/c1-6-9(4)7-14-11(8(2)3)13-10(5)12(14)15/h8-11,13H,6-7H2,1-5H3. The fourth-order valence-electron chi connectivity index (χ4n) is 2.02. The summed E-state index contributed by atoms with van der Waals surface area (Å²) in [6.45, 7) is 11.5. The van der Waals surface area contributed by atoms with Gasteiger partial charge in [0.1, 0.15) is 0 Å². The molecule has 0 aromatic rings. The van der Waals surface area contributed by atoms with E-state index in [0.29, 0.717) is 11.8 Å². The first kappa shape index (κ1) is 12.5. The Morgan fingerprint density at radius 2 is 2.00 bits per heavy atom. The fourth-order valence-corrected chi connectivity index (χ4v) is 2.02. The van der Waals surface area contributed by atoms with Gasteiger partial charge in [-0.25, -0.2) is 0 Å². The van der Waals surface area contributed by atoms with Crippen molar-refractivity contribution in [1.82, 2.24) is 10.2 Å². The third-order valence-corrected chi connectivity index (χ3v) is 3.25. The molecule has 0 aromatic carbocycles. The van der Waals surface area contributed by atoms with Crippen molar-refractivity contribution in [1.29, 1.82) is 0 Å². The average Bonchev–Trinajstić information content (AvgIpc) is 2.46. The van der Waals surface area contributed by atoms with Gasteiger partial charge >= 0.3 is 0 Å². The molecule has 1 N–H and O–H groups in total. The van der Waals surface area contributed by atoms with Gasteiger partial charge in [-0.2, -0.15) is 0 Å². The van der Waals surface area contributed by atoms with Crippen molar-refractivity contribution in [3.05, 3.63) is 0 Å². The lowest BCUT2D eigenvalue weighted by Crippen LogP contribution is -2.43. The average molecular weight is 212 g/mol. The minimum Gasteiger partial charge on any atom is -0.325 e. The van der Waals surface area contributed by atoms with Crippen LogP contribution in [0.2, 0.25) is 0 Å². The summed E-state index contributed by atoms with van der Waals surface area (Å²) < 4.78 is 0. The summed E-state index contributed by atoms with van der Waals surface area (Å²) in [4.78, 5) is 14.0. The maximum absolute atomic E-state index is 11.9. The summed E-state index contributed by atoms with van der Waals surface area (Å²) in [7, 11) is 0. The largest absolute Gasteiger partial charge is 0.325 e. The van der Waals surface area contributed by atoms with E-state index >= 15 is 0 Å². The van der Waals surface area contributed by atoms with Gasteiger partial charge in [0.2, 0.25) is 5.91 Å². The zero-order valence-electron chi connectivity index (χ0n) is 10.6. The molecule has 1 aliphatic rings. The minimum atomic E-state index is -0.0125. The normalized spacial score (nSPS) is 28.9. The van der Waals surface area contributed by atoms with Gasteiger partial charge in [0, 0.05) is 6.54 Å². The van der Waals surface area contributed by atoms with Gasteiger partial charge < -0.3 is 4.90 Å². The maximum atomic E-state index is 11.9. The van der Waals surface area contributed by atoms with Gasteiger partial charge in [0.05, 0.1) is 12.2 Å². The Kier molecular flexibility index (Phi) is 4.14. The van der Waals surface area contributed by atoms with Gasteiger partial charge in [-0.1, -0.05) is 34.1 Å². The molecular formula is C12H24N2O. The summed E-state index contributed by atoms with van der Waals surface area (Å²) in [5.41, 5.74) is 0. The summed E-state index contributed by atoms with van der Waals surface area (Å²) in [6.07, 6.45) is 1.35. The smallest absolute Gasteiger partial charge is 0.240 e. The number of amides is 1. The van der Waals surface area contributed by atoms with Gasteiger partial charge in [0.15, 0.2) is 0 Å². The topological polar surface area (TPSA) is 32.3 Å². The van der Waals surface area contributed by atoms with Crippen LogP contribution in [0, 0.1) is 11.8 Å². The highest BCUT2D eigenvalue weighted by Crippen LogP contribution is 2.19. The number of carbonyl (C=O) groups is 1. The van der Waals surface area contributed by atoms with E-state index in [1.807, 2.05) is 11.8 Å². The van der Waals surface area contributed by atoms with E-state index in [9.17, 15) is 4.79 Å². The quantitative estimate of drug-likeness (QED) is 0.771. The van der Waals surface area contributed by atoms with Crippen LogP contribution in [0.4, 0.5) is 0 Å². The molecule has 1 heterocycles. The summed E-state index contributed by atoms with van der Waals surface area (Å²) in [6, 6.07) is -0.0125. The Balaban J connectivity index is 2.68. The Hall–Kier alpha value is -0.570. The fraction of sp³-hybridized carbons (Fsp3) is 0.917. The van der Waals surface area contributed by atoms with Crippen LogP contribution in [0.5, 0.6) is 0 Å². The molecule has 1 amide bonds. The van der Waals surface area contributed by atoms with E-state index in [-0.39, 0.29) is 18.1 Å². The molecule has 0 aromatic heterocycles. The number of nitrogens with one attached hydrogen (secondary N) is 1. The molecular weight excluding hydrogens is 188 g/mol. The van der Waals surface area contributed by atoms with Crippen molar-refractivity contribution in [2.45, 2.75) is 53.2 Å². The maximum Gasteiger partial charge on any atom is 0.240 e. The van der Waals surface area contributed by atoms with Crippen molar-refractivity contribution >= 4 is 5.91 Å². The molecule has 3 nitrogen and oxygen atoms in total. The first-order valence-corrected chi connectivity index (χ1v) is 6.03. The number of hydrogen-bond donors (Lipinski definition) is 1. The van der Waals surface area contributed by atoms with Crippen molar-refractivity contribution in [3.8, 4) is 0 Å². The second-order valence-corrected chi connectivity index (χ2v) is 5.08. The molecule has 3 atom stereocenters. The van der Waals surface area contributed by atoms with Crippen LogP contribution in [-0.2, 0) is 4.79 Å². The van der Waals surface area contributed by atoms with E-state index in [0.717, 1.165) is 13.0 Å². The molecule has 1 fully saturated rings. The predicted molar refractivity (Wildman–Crippen MR) is 62.4 cm³/mol. The predicted octanol–water partition coefficient (Wildman–Crippen LogP) is 1.83. The lowest BCUT2D eigenvalue weighted by molar-refractivity contribution is -0.130. The first-order chi connectivity index (χ1) is 6.97. The van der Waals surface area contributed by atoms with Crippen molar-refractivity contribution in [2.75, 3.05) is 6.54 Å². The van der Waals surface area contributed by atoms with Crippen molar-refractivity contribution in [2.24, 2.45) is 11.8 Å². The monoisotopic (exact) mass is 212 g/mol. The molecule has 15 heavy (non-hydrogen) atoms. The van der Waals surface area contributed by atoms with Crippen LogP contribution < -0.4 is 5.32 Å². The van der Waals surface area contributed by atoms with E-state index in [1.165, 1.54) is 0 Å². The molecule has 3 heteroatoms. The van der Waals surface area contributed by atoms with Crippen LogP contribution in [0.3, 0.4) is 0 Å². The van der Waals surface area contributed by atoms with Gasteiger partial charge in [-0.15, -0.1) is 0 Å². The Morgan fingerprint density at radius 3 is 2.47 bits per heavy atom. The molecule has 1 saturated heterocycles. The summed E-state index contributed by atoms with van der Waals surface area (Å²) in [5, 5.41) is 3.36. The van der Waals surface area contributed by atoms with Crippen LogP contribution >= 0.6 is 0 Å². The molecule has 1 rings (SSSR count). The molecule has 0 bridgehead atoms. The van der Waals surface area contributed by atoms with E-state index in [1.54, 1.807) is 0 Å². The van der Waals surface area contributed by atoms with Crippen molar-refractivity contribution < 1.29 is 4.79 Å². The van der Waals surface area contributed by atoms with Crippen LogP contribution in [0.25, 0.3) is 0 Å². The molecule has 1 aliphatic heterocycles. The lowest BCUT2D eigenvalue weighted by Gasteiger charge is -2.29. The molecule has 0 radical (unpaired) electrons. The first-order valence-electron chi connectivity index (χ1n) is 6.03. The third kappa shape index (κ3) is 2.71. The van der Waals surface area contributed by atoms with Crippen LogP contribution in [0.1, 0.15) is 41.0 Å². The number of rotatable bonds is 4. The Bertz CT molecular complexity index is 228. The van der Waals surface area contributed by atoms with Crippen LogP contribution in [-0.4, -0.2) is 29.6 Å². The van der Waals surface area contributed by atoms with Gasteiger partial charge in [0.25, 0.3) is 0 Å². The third-order valence-electron chi connectivity index (χ3n) is 3.25. The Labute approximate surface area is 93.2 Å². The molecule has 0 spiro atoms. The lowest BCUT2D eigenvalue weighted by atomic mass is 10.1.